The minimum Gasteiger partial charge on any atom is -0.352 e. The third-order valence-electron chi connectivity index (χ3n) is 6.62. The summed E-state index contributed by atoms with van der Waals surface area (Å²) in [7, 11) is -3.97. The lowest BCUT2D eigenvalue weighted by atomic mass is 9.95. The second kappa shape index (κ2) is 12.9. The maximum atomic E-state index is 14.5. The molecule has 0 saturated heterocycles. The molecule has 0 heterocycles. The Labute approximate surface area is 213 Å². The van der Waals surface area contributed by atoms with Gasteiger partial charge in [-0.3, -0.25) is 13.9 Å². The van der Waals surface area contributed by atoms with Crippen molar-refractivity contribution in [3.63, 3.8) is 0 Å². The fourth-order valence-corrected chi connectivity index (χ4v) is 5.54. The maximum absolute atomic E-state index is 14.5. The molecular weight excluding hydrogens is 481 g/mol. The molecule has 36 heavy (non-hydrogen) atoms. The maximum Gasteiger partial charge on any atom is 0.244 e. The molecule has 0 bridgehead atoms. The highest BCUT2D eigenvalue weighted by molar-refractivity contribution is 7.92. The van der Waals surface area contributed by atoms with E-state index in [1.54, 1.807) is 0 Å². The van der Waals surface area contributed by atoms with Crippen LogP contribution in [0.3, 0.4) is 0 Å². The van der Waals surface area contributed by atoms with Crippen LogP contribution in [0.1, 0.15) is 51.0 Å². The van der Waals surface area contributed by atoms with Gasteiger partial charge in [0.2, 0.25) is 21.8 Å². The van der Waals surface area contributed by atoms with E-state index in [0.29, 0.717) is 12.8 Å². The number of anilines is 1. The largest absolute Gasteiger partial charge is 0.352 e. The number of hydrogen-bond acceptors (Lipinski definition) is 4. The molecule has 7 nitrogen and oxygen atoms in total. The molecule has 1 aliphatic carbocycles. The van der Waals surface area contributed by atoms with Crippen molar-refractivity contribution in [2.45, 2.75) is 64.0 Å². The normalized spacial score (nSPS) is 15.2. The molecule has 2 aromatic carbocycles. The van der Waals surface area contributed by atoms with E-state index in [-0.39, 0.29) is 24.2 Å². The Balaban J connectivity index is 1.86. The summed E-state index contributed by atoms with van der Waals surface area (Å²) in [4.78, 5) is 28.4. The standard InChI is InChI=1S/C27H36FN3O4S/c1-3-24(27(33)29-22-14-8-5-9-15-22)30(19-18-21-12-6-4-7-13-21)26(32)20-31(36(2,34)35)25-17-11-10-16-23(25)28/h4,6-7,10-13,16-17,22,24H,3,5,8-9,14-15,18-20H2,1-2H3,(H,29,33)/t24-/m0/s1. The average Bonchev–Trinajstić information content (AvgIpc) is 2.86. The van der Waals surface area contributed by atoms with E-state index in [1.165, 1.54) is 23.1 Å². The first-order chi connectivity index (χ1) is 17.2. The van der Waals surface area contributed by atoms with Gasteiger partial charge in [0.05, 0.1) is 11.9 Å². The van der Waals surface area contributed by atoms with Crippen LogP contribution < -0.4 is 9.62 Å². The zero-order valence-electron chi connectivity index (χ0n) is 21.0. The third kappa shape index (κ3) is 7.53. The summed E-state index contributed by atoms with van der Waals surface area (Å²) < 4.78 is 40.4. The molecule has 1 N–H and O–H groups in total. The molecule has 2 aromatic rings. The van der Waals surface area contributed by atoms with Crippen LogP contribution in [0.25, 0.3) is 0 Å². The predicted molar refractivity (Wildman–Crippen MR) is 140 cm³/mol. The summed E-state index contributed by atoms with van der Waals surface area (Å²) >= 11 is 0. The number of benzene rings is 2. The Bertz CT molecular complexity index is 1120. The lowest BCUT2D eigenvalue weighted by Gasteiger charge is -2.34. The van der Waals surface area contributed by atoms with Crippen molar-refractivity contribution in [2.24, 2.45) is 0 Å². The first kappa shape index (κ1) is 27.6. The number of amides is 2. The van der Waals surface area contributed by atoms with Gasteiger partial charge in [-0.1, -0.05) is 68.7 Å². The van der Waals surface area contributed by atoms with E-state index >= 15 is 0 Å². The van der Waals surface area contributed by atoms with Crippen LogP contribution in [0.5, 0.6) is 0 Å². The summed E-state index contributed by atoms with van der Waals surface area (Å²) in [5.74, 6) is -1.53. The molecule has 0 spiro atoms. The molecule has 0 aromatic heterocycles. The van der Waals surface area contributed by atoms with E-state index < -0.39 is 34.3 Å². The summed E-state index contributed by atoms with van der Waals surface area (Å²) in [6, 6.07) is 14.3. The van der Waals surface area contributed by atoms with Crippen molar-refractivity contribution in [2.75, 3.05) is 23.7 Å². The van der Waals surface area contributed by atoms with Crippen molar-refractivity contribution < 1.29 is 22.4 Å². The highest BCUT2D eigenvalue weighted by Crippen LogP contribution is 2.23. The van der Waals surface area contributed by atoms with Gasteiger partial charge in [-0.25, -0.2) is 12.8 Å². The lowest BCUT2D eigenvalue weighted by Crippen LogP contribution is -2.54. The molecule has 0 aliphatic heterocycles. The smallest absolute Gasteiger partial charge is 0.244 e. The number of carbonyl (C=O) groups excluding carboxylic acids is 2. The van der Waals surface area contributed by atoms with E-state index in [1.807, 2.05) is 37.3 Å². The molecule has 196 valence electrons. The summed E-state index contributed by atoms with van der Waals surface area (Å²) in [5.41, 5.74) is 0.794. The van der Waals surface area contributed by atoms with Gasteiger partial charge in [-0.05, 0) is 43.4 Å². The van der Waals surface area contributed by atoms with Crippen LogP contribution in [0.2, 0.25) is 0 Å². The van der Waals surface area contributed by atoms with E-state index in [4.69, 9.17) is 0 Å². The van der Waals surface area contributed by atoms with Gasteiger partial charge >= 0.3 is 0 Å². The fraction of sp³-hybridized carbons (Fsp3) is 0.481. The van der Waals surface area contributed by atoms with Crippen molar-refractivity contribution in [1.29, 1.82) is 0 Å². The zero-order valence-corrected chi connectivity index (χ0v) is 21.8. The number of sulfonamides is 1. The Morgan fingerprint density at radius 2 is 1.67 bits per heavy atom. The molecule has 1 aliphatic rings. The van der Waals surface area contributed by atoms with Crippen LogP contribution in [0.4, 0.5) is 10.1 Å². The van der Waals surface area contributed by atoms with Gasteiger partial charge in [0.15, 0.2) is 0 Å². The lowest BCUT2D eigenvalue weighted by molar-refractivity contribution is -0.140. The molecule has 1 atom stereocenters. The van der Waals surface area contributed by atoms with Crippen LogP contribution >= 0.6 is 0 Å². The molecular formula is C27H36FN3O4S. The number of rotatable bonds is 11. The minimum absolute atomic E-state index is 0.0808. The second-order valence-electron chi connectivity index (χ2n) is 9.31. The minimum atomic E-state index is -3.97. The van der Waals surface area contributed by atoms with Crippen molar-refractivity contribution in [1.82, 2.24) is 10.2 Å². The molecule has 1 fully saturated rings. The molecule has 3 rings (SSSR count). The number of nitrogens with zero attached hydrogens (tertiary/aromatic N) is 2. The first-order valence-corrected chi connectivity index (χ1v) is 14.4. The predicted octanol–water partition coefficient (Wildman–Crippen LogP) is 3.89. The van der Waals surface area contributed by atoms with Crippen molar-refractivity contribution in [3.8, 4) is 0 Å². The Morgan fingerprint density at radius 3 is 2.28 bits per heavy atom. The Morgan fingerprint density at radius 1 is 1.03 bits per heavy atom. The summed E-state index contributed by atoms with van der Waals surface area (Å²) in [6.07, 6.45) is 6.91. The molecule has 1 saturated carbocycles. The second-order valence-corrected chi connectivity index (χ2v) is 11.2. The van der Waals surface area contributed by atoms with Gasteiger partial charge in [0.25, 0.3) is 0 Å². The van der Waals surface area contributed by atoms with E-state index in [0.717, 1.165) is 54.3 Å². The number of halogens is 1. The molecule has 0 radical (unpaired) electrons. The van der Waals surface area contributed by atoms with Gasteiger partial charge in [0, 0.05) is 12.6 Å². The van der Waals surface area contributed by atoms with Crippen molar-refractivity contribution in [3.05, 3.63) is 66.0 Å². The van der Waals surface area contributed by atoms with Crippen molar-refractivity contribution >= 4 is 27.5 Å². The van der Waals surface area contributed by atoms with Gasteiger partial charge < -0.3 is 10.2 Å². The quantitative estimate of drug-likeness (QED) is 0.490. The third-order valence-corrected chi connectivity index (χ3v) is 7.75. The van der Waals surface area contributed by atoms with Crippen LogP contribution in [0, 0.1) is 5.82 Å². The monoisotopic (exact) mass is 517 g/mol. The SMILES string of the molecule is CC[C@@H](C(=O)NC1CCCCC1)N(CCc1ccccc1)C(=O)CN(c1ccccc1F)S(C)(=O)=O. The van der Waals surface area contributed by atoms with E-state index in [9.17, 15) is 22.4 Å². The highest BCUT2D eigenvalue weighted by atomic mass is 32.2. The Kier molecular flexibility index (Phi) is 9.87. The Hall–Kier alpha value is -2.94. The van der Waals surface area contributed by atoms with Crippen LogP contribution in [0.15, 0.2) is 54.6 Å². The fourth-order valence-electron chi connectivity index (χ4n) is 4.69. The summed E-state index contributed by atoms with van der Waals surface area (Å²) in [6.45, 7) is 1.47. The number of para-hydroxylation sites is 1. The number of hydrogen-bond donors (Lipinski definition) is 1. The highest BCUT2D eigenvalue weighted by Gasteiger charge is 2.33. The van der Waals surface area contributed by atoms with Gasteiger partial charge in [0.1, 0.15) is 18.4 Å². The zero-order chi connectivity index (χ0) is 26.1. The first-order valence-electron chi connectivity index (χ1n) is 12.6. The number of nitrogens with one attached hydrogen (secondary N) is 1. The topological polar surface area (TPSA) is 86.8 Å². The van der Waals surface area contributed by atoms with E-state index in [2.05, 4.69) is 5.32 Å². The van der Waals surface area contributed by atoms with Crippen LogP contribution in [-0.2, 0) is 26.0 Å². The van der Waals surface area contributed by atoms with Gasteiger partial charge in [-0.15, -0.1) is 0 Å². The average molecular weight is 518 g/mol. The number of carbonyl (C=O) groups is 2. The molecule has 0 unspecified atom stereocenters. The molecule has 9 heteroatoms. The van der Waals surface area contributed by atoms with Crippen LogP contribution in [-0.4, -0.2) is 56.6 Å². The molecule has 2 amide bonds. The van der Waals surface area contributed by atoms with Gasteiger partial charge in [-0.2, -0.15) is 0 Å². The summed E-state index contributed by atoms with van der Waals surface area (Å²) in [5, 5.41) is 3.10.